The maximum absolute atomic E-state index is 14.7. The molecule has 0 radical (unpaired) electrons. The molecule has 3 aromatic carbocycles. The van der Waals surface area contributed by atoms with E-state index in [9.17, 15) is 24.0 Å². The second-order valence-corrected chi connectivity index (χ2v) is 19.8. The number of Topliss-reactive ketones (excluding diaryl/α,β-unsaturated/α-hetero) is 1. The van der Waals surface area contributed by atoms with E-state index in [0.717, 1.165) is 125 Å². The smallest absolute Gasteiger partial charge is 0.407 e. The van der Waals surface area contributed by atoms with Crippen molar-refractivity contribution in [2.75, 3.05) is 27.3 Å². The number of nitrogens with zero attached hydrogens (tertiary/aromatic N) is 4. The molecule has 13 heteroatoms. The fourth-order valence-corrected chi connectivity index (χ4v) is 11.5. The first-order valence-electron chi connectivity index (χ1n) is 23.9. The van der Waals surface area contributed by atoms with Gasteiger partial charge in [0.2, 0.25) is 11.8 Å². The fourth-order valence-electron chi connectivity index (χ4n) is 11.5. The lowest BCUT2D eigenvalue weighted by atomic mass is 9.81. The number of rotatable bonds is 11. The van der Waals surface area contributed by atoms with Gasteiger partial charge in [0.15, 0.2) is 5.78 Å². The number of hydrogen-bond acceptors (Lipinski definition) is 9. The third-order valence-electron chi connectivity index (χ3n) is 15.1. The van der Waals surface area contributed by atoms with Crippen LogP contribution < -0.4 is 10.6 Å². The molecule has 66 heavy (non-hydrogen) atoms. The molecule has 2 saturated heterocycles. The van der Waals surface area contributed by atoms with Gasteiger partial charge in [-0.05, 0) is 113 Å². The van der Waals surface area contributed by atoms with Crippen LogP contribution in [0, 0.1) is 17.3 Å². The minimum atomic E-state index is -0.688. The number of nitrogens with one attached hydrogen (secondary N) is 2. The highest BCUT2D eigenvalue weighted by Crippen LogP contribution is 2.53. The lowest BCUT2D eigenvalue weighted by Gasteiger charge is -2.31. The van der Waals surface area contributed by atoms with Crippen molar-refractivity contribution >= 4 is 52.5 Å². The molecule has 4 amide bonds. The van der Waals surface area contributed by atoms with Crippen molar-refractivity contribution in [2.24, 2.45) is 27.2 Å². The van der Waals surface area contributed by atoms with E-state index < -0.39 is 24.3 Å². The first kappa shape index (κ1) is 45.1. The molecular formula is C53H62N6O7. The molecular weight excluding hydrogens is 833 g/mol. The second kappa shape index (κ2) is 18.3. The summed E-state index contributed by atoms with van der Waals surface area (Å²) in [6.07, 6.45) is 10.00. The van der Waals surface area contributed by atoms with Crippen LogP contribution in [0.5, 0.6) is 0 Å². The van der Waals surface area contributed by atoms with E-state index in [1.54, 1.807) is 0 Å². The van der Waals surface area contributed by atoms with Gasteiger partial charge in [-0.15, -0.1) is 0 Å². The van der Waals surface area contributed by atoms with Crippen molar-refractivity contribution in [2.45, 2.75) is 122 Å². The van der Waals surface area contributed by atoms with Crippen molar-refractivity contribution < 1.29 is 33.4 Å². The normalized spacial score (nSPS) is 21.5. The molecule has 6 aliphatic rings. The van der Waals surface area contributed by atoms with Crippen LogP contribution in [0.3, 0.4) is 0 Å². The van der Waals surface area contributed by atoms with E-state index in [1.807, 2.05) is 43.7 Å². The highest BCUT2D eigenvalue weighted by molar-refractivity contribution is 6.12. The zero-order valence-electron chi connectivity index (χ0n) is 39.1. The molecule has 1 spiro atoms. The van der Waals surface area contributed by atoms with Crippen LogP contribution in [0.1, 0.15) is 113 Å². The maximum atomic E-state index is 14.7. The van der Waals surface area contributed by atoms with E-state index >= 15 is 0 Å². The Labute approximate surface area is 387 Å². The SMILES string of the molecule is COC(=O)N[C@H](C(=O)N1CCC[C@H]1C1=NC=C(c2ccc(-c3ccc(-c4ccc5c(c4)CC([C@@H]4CCCN4C(=O)[C@@H](NC(=O)OC)C(C)C)=N5)c4c3C(=O)C3(CCCC3)C4)cc2)C1)C(C)C. The van der Waals surface area contributed by atoms with Crippen molar-refractivity contribution in [3.8, 4) is 22.3 Å². The van der Waals surface area contributed by atoms with Gasteiger partial charge in [-0.25, -0.2) is 9.59 Å². The first-order valence-corrected chi connectivity index (χ1v) is 23.9. The maximum Gasteiger partial charge on any atom is 0.407 e. The largest absolute Gasteiger partial charge is 0.453 e. The molecule has 0 aromatic heterocycles. The molecule has 9 rings (SSSR count). The fraction of sp³-hybridized carbons (Fsp3) is 0.491. The van der Waals surface area contributed by atoms with Crippen LogP contribution in [-0.4, -0.2) is 102 Å². The third kappa shape index (κ3) is 8.23. The second-order valence-electron chi connectivity index (χ2n) is 19.8. The summed E-state index contributed by atoms with van der Waals surface area (Å²) < 4.78 is 9.63. The number of alkyl carbamates (subject to hydrolysis) is 2. The number of aliphatic imine (C=N–C) groups is 2. The molecule has 3 aromatic rings. The standard InChI is InChI=1S/C53H62N6O7/c1-30(2)46(56-51(63)65-5)49(61)58-23-9-11-43(58)41-27-36(29-54-41)32-13-15-33(16-14-32)38-19-18-37(39-28-53(21-7-8-22-53)48(60)45(38)39)34-17-20-40-35(25-34)26-42(55-40)44-12-10-24-59(44)50(62)47(31(3)4)57-52(64)66-6/h13-20,25,29-31,43-44,46-47H,7-12,21-24,26-28H2,1-6H3,(H,56,63)(H,57,64)/t43-,44-,46-,47-/m0/s1. The summed E-state index contributed by atoms with van der Waals surface area (Å²) >= 11 is 0. The number of likely N-dealkylation sites (tertiary alicyclic amines) is 2. The van der Waals surface area contributed by atoms with Crippen LogP contribution >= 0.6 is 0 Å². The van der Waals surface area contributed by atoms with Gasteiger partial charge < -0.3 is 29.9 Å². The molecule has 2 aliphatic carbocycles. The van der Waals surface area contributed by atoms with Gasteiger partial charge in [0.05, 0.1) is 32.0 Å². The zero-order chi connectivity index (χ0) is 46.4. The van der Waals surface area contributed by atoms with E-state index in [2.05, 4.69) is 65.2 Å². The number of hydrogen-bond donors (Lipinski definition) is 2. The predicted molar refractivity (Wildman–Crippen MR) is 255 cm³/mol. The zero-order valence-corrected chi connectivity index (χ0v) is 39.1. The highest BCUT2D eigenvalue weighted by Gasteiger charge is 2.49. The van der Waals surface area contributed by atoms with Crippen molar-refractivity contribution in [1.82, 2.24) is 20.4 Å². The summed E-state index contributed by atoms with van der Waals surface area (Å²) in [4.78, 5) is 80.2. The summed E-state index contributed by atoms with van der Waals surface area (Å²) in [5.74, 6) is -0.167. The van der Waals surface area contributed by atoms with E-state index in [-0.39, 0.29) is 46.9 Å². The first-order chi connectivity index (χ1) is 31.8. The topological polar surface area (TPSA) is 159 Å². The number of carbonyl (C=O) groups is 5. The number of allylic oxidation sites excluding steroid dienone is 1. The van der Waals surface area contributed by atoms with Crippen molar-refractivity contribution in [3.05, 3.63) is 83.1 Å². The van der Waals surface area contributed by atoms with Crippen LogP contribution in [-0.2, 0) is 31.9 Å². The molecule has 13 nitrogen and oxygen atoms in total. The summed E-state index contributed by atoms with van der Waals surface area (Å²) in [6, 6.07) is 17.6. The Balaban J connectivity index is 0.931. The van der Waals surface area contributed by atoms with Gasteiger partial charge in [-0.1, -0.05) is 83.0 Å². The van der Waals surface area contributed by atoms with Crippen molar-refractivity contribution in [1.29, 1.82) is 0 Å². The lowest BCUT2D eigenvalue weighted by Crippen LogP contribution is -2.53. The molecule has 346 valence electrons. The van der Waals surface area contributed by atoms with Gasteiger partial charge in [-0.3, -0.25) is 24.4 Å². The lowest BCUT2D eigenvalue weighted by molar-refractivity contribution is -0.134. The number of methoxy groups -OCH3 is 2. The summed E-state index contributed by atoms with van der Waals surface area (Å²) in [6.45, 7) is 8.91. The number of amides is 4. The average molecular weight is 895 g/mol. The summed E-state index contributed by atoms with van der Waals surface area (Å²) in [7, 11) is 2.60. The van der Waals surface area contributed by atoms with Gasteiger partial charge in [0, 0.05) is 54.5 Å². The predicted octanol–water partition coefficient (Wildman–Crippen LogP) is 8.88. The van der Waals surface area contributed by atoms with Gasteiger partial charge in [0.25, 0.3) is 0 Å². The molecule has 4 heterocycles. The molecule has 4 aliphatic heterocycles. The van der Waals surface area contributed by atoms with Crippen molar-refractivity contribution in [3.63, 3.8) is 0 Å². The number of benzene rings is 3. The quantitative estimate of drug-likeness (QED) is 0.195. The Morgan fingerprint density at radius 1 is 0.697 bits per heavy atom. The van der Waals surface area contributed by atoms with Crippen LogP contribution in [0.15, 0.2) is 70.8 Å². The number of fused-ring (bicyclic) bond motifs is 2. The van der Waals surface area contributed by atoms with Crippen LogP contribution in [0.2, 0.25) is 0 Å². The monoisotopic (exact) mass is 894 g/mol. The van der Waals surface area contributed by atoms with E-state index in [0.29, 0.717) is 25.9 Å². The molecule has 0 unspecified atom stereocenters. The summed E-state index contributed by atoms with van der Waals surface area (Å²) in [5, 5.41) is 5.48. The van der Waals surface area contributed by atoms with E-state index in [4.69, 9.17) is 19.5 Å². The van der Waals surface area contributed by atoms with Gasteiger partial charge in [-0.2, -0.15) is 0 Å². The van der Waals surface area contributed by atoms with E-state index in [1.165, 1.54) is 14.2 Å². The Morgan fingerprint density at radius 2 is 1.26 bits per heavy atom. The number of carbonyl (C=O) groups excluding carboxylic acids is 5. The van der Waals surface area contributed by atoms with Crippen LogP contribution in [0.25, 0.3) is 27.8 Å². The summed E-state index contributed by atoms with van der Waals surface area (Å²) in [5.41, 5.74) is 11.8. The van der Waals surface area contributed by atoms with Gasteiger partial charge in [0.1, 0.15) is 12.1 Å². The average Bonchev–Trinajstić information content (AvgIpc) is 4.19. The molecule has 4 atom stereocenters. The highest BCUT2D eigenvalue weighted by atomic mass is 16.5. The Bertz CT molecular complexity index is 2550. The molecule has 1 saturated carbocycles. The van der Waals surface area contributed by atoms with Crippen LogP contribution in [0.4, 0.5) is 15.3 Å². The van der Waals surface area contributed by atoms with Gasteiger partial charge >= 0.3 is 12.2 Å². The minimum absolute atomic E-state index is 0.104. The third-order valence-corrected chi connectivity index (χ3v) is 15.1. The minimum Gasteiger partial charge on any atom is -0.453 e. The molecule has 3 fully saturated rings. The Hall–Kier alpha value is -6.11. The molecule has 0 bridgehead atoms. The Morgan fingerprint density at radius 3 is 1.85 bits per heavy atom. The number of ketones is 1. The molecule has 2 N–H and O–H groups in total. The number of ether oxygens (including phenoxy) is 2. The Kier molecular flexibility index (Phi) is 12.5.